The van der Waals surface area contributed by atoms with Crippen LogP contribution in [0.3, 0.4) is 0 Å². The van der Waals surface area contributed by atoms with E-state index in [2.05, 4.69) is 15.8 Å². The fourth-order valence-corrected chi connectivity index (χ4v) is 1.51. The van der Waals surface area contributed by atoms with Crippen LogP contribution in [0.25, 0.3) is 0 Å². The van der Waals surface area contributed by atoms with Gasteiger partial charge < -0.3 is 20.7 Å². The standard InChI is InChI=1S/C8H11N3O4.CH5N/c1-4-6(13)7(14)8(15-4)11-3-9-5(2-12)10-11;1-2/h2-4,6-8,13-14H,1H3;2H2,1H3. The highest BCUT2D eigenvalue weighted by Crippen LogP contribution is 2.27. The second kappa shape index (κ2) is 5.82. The Morgan fingerprint density at radius 1 is 1.47 bits per heavy atom. The molecule has 4 N–H and O–H groups in total. The summed E-state index contributed by atoms with van der Waals surface area (Å²) in [6.45, 7) is 1.64. The lowest BCUT2D eigenvalue weighted by Crippen LogP contribution is -2.30. The summed E-state index contributed by atoms with van der Waals surface area (Å²) < 4.78 is 6.50. The Hall–Kier alpha value is -1.35. The Balaban J connectivity index is 0.000000686. The van der Waals surface area contributed by atoms with Gasteiger partial charge in [0.2, 0.25) is 5.82 Å². The van der Waals surface area contributed by atoms with Gasteiger partial charge in [-0.3, -0.25) is 4.79 Å². The molecule has 0 saturated carbocycles. The molecule has 8 nitrogen and oxygen atoms in total. The topological polar surface area (TPSA) is 123 Å². The predicted molar refractivity (Wildman–Crippen MR) is 57.1 cm³/mol. The van der Waals surface area contributed by atoms with Crippen molar-refractivity contribution >= 4 is 6.29 Å². The molecule has 1 fully saturated rings. The molecule has 4 atom stereocenters. The van der Waals surface area contributed by atoms with Gasteiger partial charge >= 0.3 is 0 Å². The first-order valence-corrected chi connectivity index (χ1v) is 5.09. The molecule has 8 heteroatoms. The molecule has 96 valence electrons. The number of hydrogen-bond acceptors (Lipinski definition) is 7. The number of hydrogen-bond donors (Lipinski definition) is 3. The SMILES string of the molecule is CC1OC(n2cnc(C=O)n2)C(O)C1O.CN. The van der Waals surface area contributed by atoms with E-state index in [0.717, 1.165) is 0 Å². The van der Waals surface area contributed by atoms with E-state index in [1.807, 2.05) is 0 Å². The summed E-state index contributed by atoms with van der Waals surface area (Å²) in [6, 6.07) is 0. The Bertz CT molecular complexity index is 370. The van der Waals surface area contributed by atoms with Crippen molar-refractivity contribution < 1.29 is 19.7 Å². The van der Waals surface area contributed by atoms with Crippen LogP contribution in [0, 0.1) is 0 Å². The number of aldehydes is 1. The first-order chi connectivity index (χ1) is 8.13. The molecule has 1 aromatic heterocycles. The summed E-state index contributed by atoms with van der Waals surface area (Å²) in [5.74, 6) is 0.0137. The largest absolute Gasteiger partial charge is 0.388 e. The van der Waals surface area contributed by atoms with Crippen LogP contribution in [0.5, 0.6) is 0 Å². The number of ether oxygens (including phenoxy) is 1. The molecule has 0 bridgehead atoms. The zero-order chi connectivity index (χ0) is 13.0. The molecule has 2 heterocycles. The van der Waals surface area contributed by atoms with E-state index in [0.29, 0.717) is 6.29 Å². The van der Waals surface area contributed by atoms with Crippen LogP contribution in [0.15, 0.2) is 6.33 Å². The van der Waals surface area contributed by atoms with Crippen molar-refractivity contribution in [3.05, 3.63) is 12.2 Å². The van der Waals surface area contributed by atoms with Crippen LogP contribution < -0.4 is 5.73 Å². The third kappa shape index (κ3) is 2.67. The average molecular weight is 244 g/mol. The maximum atomic E-state index is 10.4. The first kappa shape index (κ1) is 13.7. The van der Waals surface area contributed by atoms with Gasteiger partial charge in [-0.15, -0.1) is 5.10 Å². The quantitative estimate of drug-likeness (QED) is 0.530. The number of nitrogens with two attached hydrogens (primary N) is 1. The van der Waals surface area contributed by atoms with E-state index in [1.165, 1.54) is 18.1 Å². The highest BCUT2D eigenvalue weighted by molar-refractivity contribution is 5.68. The van der Waals surface area contributed by atoms with Gasteiger partial charge in [0.25, 0.3) is 0 Å². The second-order valence-corrected chi connectivity index (χ2v) is 3.41. The highest BCUT2D eigenvalue weighted by Gasteiger charge is 2.41. The minimum atomic E-state index is -1.07. The van der Waals surface area contributed by atoms with Crippen molar-refractivity contribution in [2.75, 3.05) is 7.05 Å². The number of aliphatic hydroxyl groups excluding tert-OH is 2. The molecule has 1 aliphatic heterocycles. The number of carbonyl (C=O) groups excluding carboxylic acids is 1. The summed E-state index contributed by atoms with van der Waals surface area (Å²) in [4.78, 5) is 14.0. The maximum Gasteiger partial charge on any atom is 0.214 e. The van der Waals surface area contributed by atoms with Gasteiger partial charge in [-0.1, -0.05) is 0 Å². The lowest BCUT2D eigenvalue weighted by atomic mass is 10.1. The highest BCUT2D eigenvalue weighted by atomic mass is 16.6. The lowest BCUT2D eigenvalue weighted by Gasteiger charge is -2.13. The van der Waals surface area contributed by atoms with Crippen LogP contribution in [-0.4, -0.2) is 56.6 Å². The van der Waals surface area contributed by atoms with E-state index >= 15 is 0 Å². The minimum Gasteiger partial charge on any atom is -0.388 e. The smallest absolute Gasteiger partial charge is 0.214 e. The van der Waals surface area contributed by atoms with Gasteiger partial charge in [0.15, 0.2) is 12.5 Å². The van der Waals surface area contributed by atoms with Gasteiger partial charge in [-0.25, -0.2) is 9.67 Å². The molecule has 2 rings (SSSR count). The number of aromatic nitrogens is 3. The van der Waals surface area contributed by atoms with Crippen molar-refractivity contribution in [3.63, 3.8) is 0 Å². The van der Waals surface area contributed by atoms with Crippen molar-refractivity contribution in [3.8, 4) is 0 Å². The summed E-state index contributed by atoms with van der Waals surface area (Å²) in [7, 11) is 1.50. The predicted octanol–water partition coefficient (Wildman–Crippen LogP) is -1.70. The zero-order valence-corrected chi connectivity index (χ0v) is 9.59. The van der Waals surface area contributed by atoms with E-state index in [1.54, 1.807) is 6.92 Å². The van der Waals surface area contributed by atoms with Gasteiger partial charge in [-0.2, -0.15) is 0 Å². The molecule has 1 aromatic rings. The monoisotopic (exact) mass is 244 g/mol. The molecule has 0 spiro atoms. The number of nitrogens with zero attached hydrogens (tertiary/aromatic N) is 3. The third-order valence-corrected chi connectivity index (χ3v) is 2.37. The zero-order valence-electron chi connectivity index (χ0n) is 9.59. The van der Waals surface area contributed by atoms with Gasteiger partial charge in [0.05, 0.1) is 6.10 Å². The van der Waals surface area contributed by atoms with E-state index in [9.17, 15) is 15.0 Å². The normalized spacial score (nSPS) is 31.8. The molecular formula is C9H16N4O4. The van der Waals surface area contributed by atoms with Crippen LogP contribution in [0.4, 0.5) is 0 Å². The van der Waals surface area contributed by atoms with E-state index < -0.39 is 24.5 Å². The molecule has 0 amide bonds. The van der Waals surface area contributed by atoms with Gasteiger partial charge in [-0.05, 0) is 14.0 Å². The Labute approximate surface area is 98.0 Å². The van der Waals surface area contributed by atoms with Crippen molar-refractivity contribution in [1.82, 2.24) is 14.8 Å². The third-order valence-electron chi connectivity index (χ3n) is 2.37. The molecule has 0 radical (unpaired) electrons. The molecule has 1 aliphatic rings. The molecule has 17 heavy (non-hydrogen) atoms. The van der Waals surface area contributed by atoms with Crippen LogP contribution in [0.1, 0.15) is 23.8 Å². The minimum absolute atomic E-state index is 0.0137. The summed E-state index contributed by atoms with van der Waals surface area (Å²) in [5, 5.41) is 22.8. The molecule has 0 aromatic carbocycles. The maximum absolute atomic E-state index is 10.4. The van der Waals surface area contributed by atoms with E-state index in [-0.39, 0.29) is 5.82 Å². The molecule has 1 saturated heterocycles. The van der Waals surface area contributed by atoms with Crippen LogP contribution in [0.2, 0.25) is 0 Å². The molecular weight excluding hydrogens is 228 g/mol. The fraction of sp³-hybridized carbons (Fsp3) is 0.667. The molecule has 4 unspecified atom stereocenters. The van der Waals surface area contributed by atoms with Crippen molar-refractivity contribution in [1.29, 1.82) is 0 Å². The summed E-state index contributed by atoms with van der Waals surface area (Å²) >= 11 is 0. The van der Waals surface area contributed by atoms with Crippen molar-refractivity contribution in [2.45, 2.75) is 31.5 Å². The summed E-state index contributed by atoms with van der Waals surface area (Å²) in [5.41, 5.74) is 4.50. The lowest BCUT2D eigenvalue weighted by molar-refractivity contribution is -0.0399. The molecule has 0 aliphatic carbocycles. The Morgan fingerprint density at radius 3 is 2.53 bits per heavy atom. The number of rotatable bonds is 2. The van der Waals surface area contributed by atoms with E-state index in [4.69, 9.17) is 4.74 Å². The number of aliphatic hydroxyl groups is 2. The first-order valence-electron chi connectivity index (χ1n) is 5.09. The Morgan fingerprint density at radius 2 is 2.12 bits per heavy atom. The van der Waals surface area contributed by atoms with Crippen LogP contribution in [-0.2, 0) is 4.74 Å². The average Bonchev–Trinajstić information content (AvgIpc) is 2.92. The fourth-order valence-electron chi connectivity index (χ4n) is 1.51. The van der Waals surface area contributed by atoms with Crippen molar-refractivity contribution in [2.24, 2.45) is 5.73 Å². The Kier molecular flexibility index (Phi) is 4.70. The summed E-state index contributed by atoms with van der Waals surface area (Å²) in [6.07, 6.45) is -1.52. The van der Waals surface area contributed by atoms with Crippen LogP contribution >= 0.6 is 0 Å². The van der Waals surface area contributed by atoms with Gasteiger partial charge in [0, 0.05) is 0 Å². The number of carbonyl (C=O) groups is 1. The second-order valence-electron chi connectivity index (χ2n) is 3.41. The van der Waals surface area contributed by atoms with Gasteiger partial charge in [0.1, 0.15) is 18.5 Å².